The Bertz CT molecular complexity index is 113. The first kappa shape index (κ1) is 12.8. The van der Waals surface area contributed by atoms with E-state index in [0.29, 0.717) is 13.0 Å². The van der Waals surface area contributed by atoms with Crippen LogP contribution in [-0.4, -0.2) is 23.8 Å². The smallest absolute Gasteiger partial charge is 0.225 e. The van der Waals surface area contributed by atoms with Gasteiger partial charge in [-0.05, 0) is 6.42 Å². The van der Waals surface area contributed by atoms with Crippen LogP contribution in [0.3, 0.4) is 0 Å². The highest BCUT2D eigenvalue weighted by molar-refractivity contribution is 5.83. The fourth-order valence-corrected chi connectivity index (χ4v) is 0.525. The van der Waals surface area contributed by atoms with Gasteiger partial charge in [-0.15, -0.1) is 0 Å². The van der Waals surface area contributed by atoms with Crippen LogP contribution in [0.4, 0.5) is 0 Å². The van der Waals surface area contributed by atoms with Crippen molar-refractivity contribution in [1.82, 2.24) is 4.90 Å². The maximum atomic E-state index is 10.5. The van der Waals surface area contributed by atoms with Crippen LogP contribution in [0.5, 0.6) is 0 Å². The molecule has 11 heavy (non-hydrogen) atoms. The third-order valence-corrected chi connectivity index (χ3v) is 0.996. The first-order valence-corrected chi connectivity index (χ1v) is 3.94. The number of carbonyl (C=O) groups excluding carboxylic acids is 2. The van der Waals surface area contributed by atoms with Gasteiger partial charge in [-0.3, -0.25) is 14.5 Å². The van der Waals surface area contributed by atoms with E-state index in [1.54, 1.807) is 0 Å². The van der Waals surface area contributed by atoms with Crippen molar-refractivity contribution in [3.63, 3.8) is 0 Å². The molecule has 0 spiro atoms. The van der Waals surface area contributed by atoms with Crippen LogP contribution < -0.4 is 0 Å². The summed E-state index contributed by atoms with van der Waals surface area (Å²) in [5, 5.41) is 0. The lowest BCUT2D eigenvalue weighted by Gasteiger charge is -2.09. The molecule has 3 nitrogen and oxygen atoms in total. The SMILES string of the molecule is CC.CCCN(C=O)C(C)=O. The molecule has 0 rings (SSSR count). The Morgan fingerprint density at radius 2 is 1.91 bits per heavy atom. The van der Waals surface area contributed by atoms with Crippen molar-refractivity contribution in [2.75, 3.05) is 6.54 Å². The van der Waals surface area contributed by atoms with Gasteiger partial charge in [0.1, 0.15) is 0 Å². The molecule has 0 unspecified atom stereocenters. The summed E-state index contributed by atoms with van der Waals surface area (Å²) in [5.41, 5.74) is 0. The van der Waals surface area contributed by atoms with E-state index in [4.69, 9.17) is 0 Å². The Balaban J connectivity index is 0. The molecule has 0 bridgehead atoms. The zero-order valence-electron chi connectivity index (χ0n) is 7.76. The summed E-state index contributed by atoms with van der Waals surface area (Å²) in [4.78, 5) is 21.7. The normalized spacial score (nSPS) is 7.64. The number of hydrogen-bond acceptors (Lipinski definition) is 2. The summed E-state index contributed by atoms with van der Waals surface area (Å²) in [6, 6.07) is 0. The number of carbonyl (C=O) groups is 2. The molecule has 0 radical (unpaired) electrons. The molecule has 0 saturated carbocycles. The van der Waals surface area contributed by atoms with E-state index in [0.717, 1.165) is 11.3 Å². The highest BCUT2D eigenvalue weighted by atomic mass is 16.2. The Morgan fingerprint density at radius 1 is 1.45 bits per heavy atom. The van der Waals surface area contributed by atoms with Crippen molar-refractivity contribution in [1.29, 1.82) is 0 Å². The third-order valence-electron chi connectivity index (χ3n) is 0.996. The van der Waals surface area contributed by atoms with Crippen molar-refractivity contribution >= 4 is 12.3 Å². The highest BCUT2D eigenvalue weighted by Crippen LogP contribution is 1.85. The van der Waals surface area contributed by atoms with E-state index in [1.807, 2.05) is 20.8 Å². The lowest BCUT2D eigenvalue weighted by atomic mass is 10.4. The van der Waals surface area contributed by atoms with Gasteiger partial charge in [-0.25, -0.2) is 0 Å². The van der Waals surface area contributed by atoms with Crippen LogP contribution in [0, 0.1) is 0 Å². The largest absolute Gasteiger partial charge is 0.286 e. The topological polar surface area (TPSA) is 37.4 Å². The predicted molar refractivity (Wildman–Crippen MR) is 45.1 cm³/mol. The molecule has 0 N–H and O–H groups in total. The maximum Gasteiger partial charge on any atom is 0.225 e. The van der Waals surface area contributed by atoms with E-state index in [-0.39, 0.29) is 5.91 Å². The lowest BCUT2D eigenvalue weighted by Crippen LogP contribution is -2.27. The number of hydrogen-bond donors (Lipinski definition) is 0. The molecule has 0 fully saturated rings. The summed E-state index contributed by atoms with van der Waals surface area (Å²) in [7, 11) is 0. The molecule has 0 aliphatic carbocycles. The minimum Gasteiger partial charge on any atom is -0.286 e. The van der Waals surface area contributed by atoms with Crippen molar-refractivity contribution in [3.8, 4) is 0 Å². The quantitative estimate of drug-likeness (QED) is 0.584. The molecule has 0 aliphatic rings. The first-order valence-electron chi connectivity index (χ1n) is 3.94. The van der Waals surface area contributed by atoms with Gasteiger partial charge in [0.15, 0.2) is 0 Å². The van der Waals surface area contributed by atoms with Crippen LogP contribution in [0.15, 0.2) is 0 Å². The van der Waals surface area contributed by atoms with Crippen molar-refractivity contribution in [3.05, 3.63) is 0 Å². The van der Waals surface area contributed by atoms with E-state index in [1.165, 1.54) is 6.92 Å². The molecular formula is C8H17NO2. The predicted octanol–water partition coefficient (Wildman–Crippen LogP) is 1.43. The van der Waals surface area contributed by atoms with Crippen LogP contribution in [0.1, 0.15) is 34.1 Å². The number of imide groups is 1. The Morgan fingerprint density at radius 3 is 2.00 bits per heavy atom. The second kappa shape index (κ2) is 9.14. The molecule has 2 amide bonds. The minimum absolute atomic E-state index is 0.188. The van der Waals surface area contributed by atoms with Gasteiger partial charge in [0.05, 0.1) is 0 Å². The van der Waals surface area contributed by atoms with E-state index in [9.17, 15) is 9.59 Å². The number of nitrogens with zero attached hydrogens (tertiary/aromatic N) is 1. The van der Waals surface area contributed by atoms with Gasteiger partial charge in [-0.1, -0.05) is 20.8 Å². The van der Waals surface area contributed by atoms with Gasteiger partial charge in [0.25, 0.3) is 0 Å². The van der Waals surface area contributed by atoms with Crippen LogP contribution >= 0.6 is 0 Å². The summed E-state index contributed by atoms with van der Waals surface area (Å²) >= 11 is 0. The standard InChI is InChI=1S/C6H11NO2.C2H6/c1-3-4-7(5-8)6(2)9;1-2/h5H,3-4H2,1-2H3;1-2H3. The average molecular weight is 159 g/mol. The van der Waals surface area contributed by atoms with Crippen molar-refractivity contribution < 1.29 is 9.59 Å². The first-order chi connectivity index (χ1) is 5.22. The fourth-order valence-electron chi connectivity index (χ4n) is 0.525. The average Bonchev–Trinajstić information content (AvgIpc) is 2.03. The fraction of sp³-hybridized carbons (Fsp3) is 0.750. The Kier molecular flexibility index (Phi) is 10.6. The number of rotatable bonds is 3. The molecule has 0 aromatic heterocycles. The van der Waals surface area contributed by atoms with Gasteiger partial charge >= 0.3 is 0 Å². The summed E-state index contributed by atoms with van der Waals surface area (Å²) in [6.07, 6.45) is 1.38. The van der Waals surface area contributed by atoms with E-state index >= 15 is 0 Å². The third kappa shape index (κ3) is 7.03. The molecule has 0 saturated heterocycles. The monoisotopic (exact) mass is 159 g/mol. The van der Waals surface area contributed by atoms with Crippen LogP contribution in [0.2, 0.25) is 0 Å². The second-order valence-corrected chi connectivity index (χ2v) is 1.82. The highest BCUT2D eigenvalue weighted by Gasteiger charge is 2.02. The maximum absolute atomic E-state index is 10.5. The van der Waals surface area contributed by atoms with Gasteiger partial charge in [0, 0.05) is 13.5 Å². The van der Waals surface area contributed by atoms with Gasteiger partial charge in [-0.2, -0.15) is 0 Å². The summed E-state index contributed by atoms with van der Waals surface area (Å²) in [5.74, 6) is -0.188. The molecule has 0 aromatic rings. The molecule has 0 aliphatic heterocycles. The van der Waals surface area contributed by atoms with Gasteiger partial charge in [0.2, 0.25) is 12.3 Å². The van der Waals surface area contributed by atoms with E-state index in [2.05, 4.69) is 0 Å². The van der Waals surface area contributed by atoms with Crippen molar-refractivity contribution in [2.45, 2.75) is 34.1 Å². The lowest BCUT2D eigenvalue weighted by molar-refractivity contribution is -0.136. The Hall–Kier alpha value is -0.860. The molecule has 0 atom stereocenters. The molecular weight excluding hydrogens is 142 g/mol. The van der Waals surface area contributed by atoms with Crippen molar-refractivity contribution in [2.24, 2.45) is 0 Å². The van der Waals surface area contributed by atoms with Gasteiger partial charge < -0.3 is 0 Å². The molecule has 66 valence electrons. The molecule has 0 aromatic carbocycles. The molecule has 3 heteroatoms. The van der Waals surface area contributed by atoms with E-state index < -0.39 is 0 Å². The summed E-state index contributed by atoms with van der Waals surface area (Å²) in [6.45, 7) is 7.82. The zero-order chi connectivity index (χ0) is 9.28. The van der Waals surface area contributed by atoms with Crippen LogP contribution in [-0.2, 0) is 9.59 Å². The number of amides is 2. The second-order valence-electron chi connectivity index (χ2n) is 1.82. The molecule has 0 heterocycles. The van der Waals surface area contributed by atoms with Crippen LogP contribution in [0.25, 0.3) is 0 Å². The Labute approximate surface area is 68.4 Å². The summed E-state index contributed by atoms with van der Waals surface area (Å²) < 4.78 is 0. The zero-order valence-corrected chi connectivity index (χ0v) is 7.76. The minimum atomic E-state index is -0.188.